The number of imidazole rings is 1. The number of ether oxygens (including phenoxy) is 1. The van der Waals surface area contributed by atoms with Crippen LogP contribution in [0.2, 0.25) is 0 Å². The lowest BCUT2D eigenvalue weighted by Crippen LogP contribution is -1.96. The minimum atomic E-state index is 0.339. The van der Waals surface area contributed by atoms with Crippen LogP contribution in [0.5, 0.6) is 5.75 Å². The zero-order valence-electron chi connectivity index (χ0n) is 17.4. The minimum Gasteiger partial charge on any atom is -0.493 e. The fraction of sp³-hybridized carbons (Fsp3) is 0.0400. The molecule has 4 aromatic heterocycles. The molecule has 7 heteroatoms. The fourth-order valence-electron chi connectivity index (χ4n) is 3.58. The average molecular weight is 420 g/mol. The molecule has 3 N–H and O–H groups in total. The third kappa shape index (κ3) is 3.67. The number of aromatic nitrogens is 5. The molecule has 1 aromatic carbocycles. The second-order valence-electron chi connectivity index (χ2n) is 7.17. The lowest BCUT2D eigenvalue weighted by Gasteiger charge is -2.07. The summed E-state index contributed by atoms with van der Waals surface area (Å²) in [5.74, 6) is 1.60. The number of benzene rings is 1. The van der Waals surface area contributed by atoms with Crippen LogP contribution in [0.4, 0.5) is 5.82 Å². The van der Waals surface area contributed by atoms with Crippen molar-refractivity contribution in [3.05, 3.63) is 85.6 Å². The first kappa shape index (κ1) is 19.4. The Bertz CT molecular complexity index is 1370. The Labute approximate surface area is 185 Å². The summed E-state index contributed by atoms with van der Waals surface area (Å²) in [4.78, 5) is 20.9. The molecule has 0 atom stereocenters. The number of pyridine rings is 3. The van der Waals surface area contributed by atoms with Crippen molar-refractivity contribution in [2.45, 2.75) is 0 Å². The third-order valence-corrected chi connectivity index (χ3v) is 5.20. The second-order valence-corrected chi connectivity index (χ2v) is 7.17. The maximum atomic E-state index is 5.92. The van der Waals surface area contributed by atoms with E-state index in [4.69, 9.17) is 15.5 Å². The van der Waals surface area contributed by atoms with Crippen molar-refractivity contribution in [1.29, 1.82) is 0 Å². The Morgan fingerprint density at radius 2 is 1.47 bits per heavy atom. The van der Waals surface area contributed by atoms with Crippen LogP contribution in [0.1, 0.15) is 0 Å². The van der Waals surface area contributed by atoms with Crippen molar-refractivity contribution in [3.8, 4) is 50.8 Å². The molecule has 32 heavy (non-hydrogen) atoms. The van der Waals surface area contributed by atoms with E-state index in [2.05, 4.69) is 32.1 Å². The topological polar surface area (TPSA) is 103 Å². The molecule has 156 valence electrons. The molecule has 0 saturated carbocycles. The Morgan fingerprint density at radius 1 is 0.781 bits per heavy atom. The van der Waals surface area contributed by atoms with E-state index in [0.29, 0.717) is 11.6 Å². The second kappa shape index (κ2) is 8.31. The van der Waals surface area contributed by atoms with E-state index in [0.717, 1.165) is 45.0 Å². The monoisotopic (exact) mass is 420 g/mol. The highest BCUT2D eigenvalue weighted by atomic mass is 16.5. The molecule has 0 aliphatic rings. The number of nitrogen functional groups attached to an aromatic ring is 1. The zero-order valence-corrected chi connectivity index (χ0v) is 17.4. The smallest absolute Gasteiger partial charge is 0.166 e. The molecular formula is C25H20N6O. The highest BCUT2D eigenvalue weighted by Gasteiger charge is 2.17. The highest BCUT2D eigenvalue weighted by molar-refractivity contribution is 5.82. The molecular weight excluding hydrogens is 400 g/mol. The van der Waals surface area contributed by atoms with Crippen LogP contribution in [0.15, 0.2) is 85.6 Å². The number of hydrogen-bond donors (Lipinski definition) is 2. The van der Waals surface area contributed by atoms with E-state index in [-0.39, 0.29) is 0 Å². The number of rotatable bonds is 5. The van der Waals surface area contributed by atoms with Gasteiger partial charge in [-0.2, -0.15) is 0 Å². The molecule has 4 heterocycles. The molecule has 0 amide bonds. The van der Waals surface area contributed by atoms with Crippen molar-refractivity contribution in [2.75, 3.05) is 12.8 Å². The van der Waals surface area contributed by atoms with E-state index in [9.17, 15) is 0 Å². The van der Waals surface area contributed by atoms with Gasteiger partial charge in [0.05, 0.1) is 18.5 Å². The van der Waals surface area contributed by atoms with Gasteiger partial charge in [-0.15, -0.1) is 0 Å². The average Bonchev–Trinajstić information content (AvgIpc) is 3.31. The van der Waals surface area contributed by atoms with E-state index < -0.39 is 0 Å². The van der Waals surface area contributed by atoms with Crippen LogP contribution in [-0.4, -0.2) is 32.0 Å². The Morgan fingerprint density at radius 3 is 2.19 bits per heavy atom. The zero-order chi connectivity index (χ0) is 21.9. The first-order valence-corrected chi connectivity index (χ1v) is 10.0. The molecule has 0 saturated heterocycles. The first-order valence-electron chi connectivity index (χ1n) is 10.0. The summed E-state index contributed by atoms with van der Waals surface area (Å²) in [5.41, 5.74) is 12.5. The Balaban J connectivity index is 1.66. The fourth-order valence-corrected chi connectivity index (χ4v) is 3.58. The van der Waals surface area contributed by atoms with Crippen molar-refractivity contribution in [2.24, 2.45) is 0 Å². The van der Waals surface area contributed by atoms with E-state index in [1.54, 1.807) is 38.1 Å². The van der Waals surface area contributed by atoms with Crippen molar-refractivity contribution < 1.29 is 4.74 Å². The Hall–Kier alpha value is -4.52. The summed E-state index contributed by atoms with van der Waals surface area (Å²) in [7, 11) is 1.57. The third-order valence-electron chi connectivity index (χ3n) is 5.20. The van der Waals surface area contributed by atoms with Crippen LogP contribution in [0, 0.1) is 0 Å². The molecule has 0 radical (unpaired) electrons. The van der Waals surface area contributed by atoms with Gasteiger partial charge in [0.2, 0.25) is 0 Å². The number of anilines is 1. The number of H-pyrrole nitrogens is 1. The molecule has 0 spiro atoms. The number of methoxy groups -OCH3 is 1. The van der Waals surface area contributed by atoms with Gasteiger partial charge in [-0.3, -0.25) is 9.97 Å². The largest absolute Gasteiger partial charge is 0.493 e. The number of nitrogens with zero attached hydrogens (tertiary/aromatic N) is 4. The SMILES string of the molecule is COc1cc(-c2[nH]c(-c3cccc(-c4ccncc4)c3)nc2-c2ccncc2)cnc1N. The van der Waals surface area contributed by atoms with Crippen LogP contribution >= 0.6 is 0 Å². The van der Waals surface area contributed by atoms with Crippen molar-refractivity contribution in [3.63, 3.8) is 0 Å². The maximum absolute atomic E-state index is 5.92. The normalized spacial score (nSPS) is 10.8. The number of nitrogens with two attached hydrogens (primary N) is 1. The summed E-state index contributed by atoms with van der Waals surface area (Å²) >= 11 is 0. The quantitative estimate of drug-likeness (QED) is 0.421. The molecule has 7 nitrogen and oxygen atoms in total. The molecule has 0 bridgehead atoms. The Kier molecular flexibility index (Phi) is 5.05. The summed E-state index contributed by atoms with van der Waals surface area (Å²) < 4.78 is 5.37. The standard InChI is InChI=1S/C25H20N6O/c1-32-21-14-20(15-29-24(21)26)23-22(17-7-11-28-12-8-17)30-25(31-23)19-4-2-3-18(13-19)16-5-9-27-10-6-16/h2-15H,1H3,(H2,26,29)(H,30,31). The molecule has 5 aromatic rings. The summed E-state index contributed by atoms with van der Waals surface area (Å²) in [6, 6.07) is 17.9. The molecule has 0 unspecified atom stereocenters. The van der Waals surface area contributed by atoms with Gasteiger partial charge in [0, 0.05) is 47.7 Å². The van der Waals surface area contributed by atoms with Gasteiger partial charge in [0.1, 0.15) is 5.82 Å². The van der Waals surface area contributed by atoms with Gasteiger partial charge in [0.25, 0.3) is 0 Å². The molecule has 5 rings (SSSR count). The minimum absolute atomic E-state index is 0.339. The van der Waals surface area contributed by atoms with Crippen LogP contribution < -0.4 is 10.5 Å². The lowest BCUT2D eigenvalue weighted by atomic mass is 10.0. The number of nitrogens with one attached hydrogen (secondary N) is 1. The first-order chi connectivity index (χ1) is 15.7. The number of hydrogen-bond acceptors (Lipinski definition) is 6. The van der Waals surface area contributed by atoms with E-state index >= 15 is 0 Å². The van der Waals surface area contributed by atoms with Gasteiger partial charge < -0.3 is 15.5 Å². The summed E-state index contributed by atoms with van der Waals surface area (Å²) in [5, 5.41) is 0. The van der Waals surface area contributed by atoms with Gasteiger partial charge >= 0.3 is 0 Å². The van der Waals surface area contributed by atoms with Crippen LogP contribution in [0.25, 0.3) is 45.0 Å². The van der Waals surface area contributed by atoms with E-state index in [1.165, 1.54) is 0 Å². The predicted molar refractivity (Wildman–Crippen MR) is 125 cm³/mol. The van der Waals surface area contributed by atoms with Gasteiger partial charge in [-0.25, -0.2) is 9.97 Å². The summed E-state index contributed by atoms with van der Waals surface area (Å²) in [6.07, 6.45) is 8.79. The highest BCUT2D eigenvalue weighted by Crippen LogP contribution is 2.35. The van der Waals surface area contributed by atoms with Crippen molar-refractivity contribution >= 4 is 5.82 Å². The molecule has 0 aliphatic heterocycles. The van der Waals surface area contributed by atoms with Crippen LogP contribution in [-0.2, 0) is 0 Å². The van der Waals surface area contributed by atoms with Crippen LogP contribution in [0.3, 0.4) is 0 Å². The van der Waals surface area contributed by atoms with Gasteiger partial charge in [0.15, 0.2) is 11.6 Å². The molecule has 0 aliphatic carbocycles. The molecule has 0 fully saturated rings. The van der Waals surface area contributed by atoms with Crippen molar-refractivity contribution in [1.82, 2.24) is 24.9 Å². The lowest BCUT2D eigenvalue weighted by molar-refractivity contribution is 0.415. The van der Waals surface area contributed by atoms with Gasteiger partial charge in [-0.05, 0) is 47.5 Å². The number of aromatic amines is 1. The van der Waals surface area contributed by atoms with Gasteiger partial charge in [-0.1, -0.05) is 18.2 Å². The summed E-state index contributed by atoms with van der Waals surface area (Å²) in [6.45, 7) is 0. The predicted octanol–water partition coefficient (Wildman–Crippen LogP) is 4.85. The maximum Gasteiger partial charge on any atom is 0.166 e. The van der Waals surface area contributed by atoms with E-state index in [1.807, 2.05) is 42.5 Å².